The SMILES string of the molecule is COc1ccc(CN2CCC(C3(c4ccccc4)CCC(=O)NC3=O)CC2)cc1. The number of nitrogens with zero attached hydrogens (tertiary/aromatic N) is 1. The molecule has 0 bridgehead atoms. The molecule has 0 spiro atoms. The normalized spacial score (nSPS) is 23.6. The molecule has 2 fully saturated rings. The van der Waals surface area contributed by atoms with E-state index in [-0.39, 0.29) is 17.7 Å². The van der Waals surface area contributed by atoms with Crippen LogP contribution in [0.5, 0.6) is 5.75 Å². The van der Waals surface area contributed by atoms with Crippen LogP contribution in [0.4, 0.5) is 0 Å². The van der Waals surface area contributed by atoms with Crippen LogP contribution in [0, 0.1) is 5.92 Å². The summed E-state index contributed by atoms with van der Waals surface area (Å²) in [6.45, 7) is 2.80. The van der Waals surface area contributed by atoms with E-state index in [1.165, 1.54) is 5.56 Å². The number of nitrogens with one attached hydrogen (secondary N) is 1. The van der Waals surface area contributed by atoms with Crippen molar-refractivity contribution in [2.75, 3.05) is 20.2 Å². The monoisotopic (exact) mass is 392 g/mol. The molecule has 2 aromatic rings. The van der Waals surface area contributed by atoms with Crippen LogP contribution in [0.25, 0.3) is 0 Å². The van der Waals surface area contributed by atoms with Crippen molar-refractivity contribution in [3.63, 3.8) is 0 Å². The number of imide groups is 1. The lowest BCUT2D eigenvalue weighted by molar-refractivity contribution is -0.140. The highest BCUT2D eigenvalue weighted by Crippen LogP contribution is 2.44. The van der Waals surface area contributed by atoms with Gasteiger partial charge in [-0.1, -0.05) is 42.5 Å². The smallest absolute Gasteiger partial charge is 0.237 e. The van der Waals surface area contributed by atoms with E-state index in [9.17, 15) is 9.59 Å². The fourth-order valence-corrected chi connectivity index (χ4v) is 4.93. The summed E-state index contributed by atoms with van der Waals surface area (Å²) in [5.41, 5.74) is 1.71. The molecule has 0 radical (unpaired) electrons. The molecule has 152 valence electrons. The summed E-state index contributed by atoms with van der Waals surface area (Å²) in [5.74, 6) is 0.840. The first kappa shape index (κ1) is 19.6. The number of hydrogen-bond acceptors (Lipinski definition) is 4. The van der Waals surface area contributed by atoms with Crippen molar-refractivity contribution < 1.29 is 14.3 Å². The van der Waals surface area contributed by atoms with E-state index in [0.29, 0.717) is 12.8 Å². The molecule has 2 aliphatic rings. The lowest BCUT2D eigenvalue weighted by Crippen LogP contribution is -2.57. The molecule has 0 aromatic heterocycles. The van der Waals surface area contributed by atoms with Gasteiger partial charge in [-0.3, -0.25) is 19.8 Å². The second-order valence-corrected chi connectivity index (χ2v) is 8.11. The Balaban J connectivity index is 1.48. The number of benzene rings is 2. The molecule has 5 heteroatoms. The number of methoxy groups -OCH3 is 1. The number of amides is 2. The average Bonchev–Trinajstić information content (AvgIpc) is 2.76. The van der Waals surface area contributed by atoms with E-state index in [1.54, 1.807) is 7.11 Å². The van der Waals surface area contributed by atoms with Gasteiger partial charge in [-0.15, -0.1) is 0 Å². The third-order valence-corrected chi connectivity index (χ3v) is 6.54. The summed E-state index contributed by atoms with van der Waals surface area (Å²) in [7, 11) is 1.68. The molecule has 2 aliphatic heterocycles. The molecular weight excluding hydrogens is 364 g/mol. The van der Waals surface area contributed by atoms with E-state index in [2.05, 4.69) is 22.3 Å². The van der Waals surface area contributed by atoms with E-state index in [0.717, 1.165) is 43.8 Å². The van der Waals surface area contributed by atoms with Crippen molar-refractivity contribution in [3.05, 3.63) is 65.7 Å². The second-order valence-electron chi connectivity index (χ2n) is 8.11. The largest absolute Gasteiger partial charge is 0.497 e. The minimum atomic E-state index is -0.596. The van der Waals surface area contributed by atoms with Gasteiger partial charge in [0, 0.05) is 13.0 Å². The van der Waals surface area contributed by atoms with Crippen LogP contribution >= 0.6 is 0 Å². The summed E-state index contributed by atoms with van der Waals surface area (Å²) < 4.78 is 5.24. The average molecular weight is 392 g/mol. The minimum Gasteiger partial charge on any atom is -0.497 e. The van der Waals surface area contributed by atoms with Crippen molar-refractivity contribution in [2.24, 2.45) is 5.92 Å². The molecule has 1 unspecified atom stereocenters. The summed E-state index contributed by atoms with van der Waals surface area (Å²) in [5, 5.41) is 2.62. The Labute approximate surface area is 172 Å². The number of hydrogen-bond donors (Lipinski definition) is 1. The van der Waals surface area contributed by atoms with Gasteiger partial charge in [0.2, 0.25) is 11.8 Å². The molecular formula is C24H28N2O3. The first-order valence-electron chi connectivity index (χ1n) is 10.4. The summed E-state index contributed by atoms with van der Waals surface area (Å²) in [6, 6.07) is 18.2. The fourth-order valence-electron chi connectivity index (χ4n) is 4.93. The van der Waals surface area contributed by atoms with Gasteiger partial charge in [0.25, 0.3) is 0 Å². The van der Waals surface area contributed by atoms with E-state index in [1.807, 2.05) is 42.5 Å². The number of piperidine rings is 2. The molecule has 2 heterocycles. The van der Waals surface area contributed by atoms with Crippen LogP contribution in [0.2, 0.25) is 0 Å². The Morgan fingerprint density at radius 2 is 1.72 bits per heavy atom. The Bertz CT molecular complexity index is 857. The molecule has 4 rings (SSSR count). The Morgan fingerprint density at radius 1 is 1.03 bits per heavy atom. The number of likely N-dealkylation sites (tertiary alicyclic amines) is 1. The van der Waals surface area contributed by atoms with Gasteiger partial charge in [-0.2, -0.15) is 0 Å². The van der Waals surface area contributed by atoms with Crippen molar-refractivity contribution in [1.82, 2.24) is 10.2 Å². The minimum absolute atomic E-state index is 0.117. The zero-order valence-corrected chi connectivity index (χ0v) is 16.9. The zero-order chi connectivity index (χ0) is 20.3. The molecule has 1 N–H and O–H groups in total. The fraction of sp³-hybridized carbons (Fsp3) is 0.417. The van der Waals surface area contributed by atoms with Crippen LogP contribution in [0.3, 0.4) is 0 Å². The predicted octanol–water partition coefficient (Wildman–Crippen LogP) is 3.28. The summed E-state index contributed by atoms with van der Waals surface area (Å²) in [6.07, 6.45) is 2.91. The Kier molecular flexibility index (Phi) is 5.67. The molecule has 0 aliphatic carbocycles. The lowest BCUT2D eigenvalue weighted by Gasteiger charge is -2.45. The molecule has 2 amide bonds. The van der Waals surface area contributed by atoms with Gasteiger partial charge in [-0.25, -0.2) is 0 Å². The van der Waals surface area contributed by atoms with Crippen molar-refractivity contribution in [3.8, 4) is 5.75 Å². The Hall–Kier alpha value is -2.66. The highest BCUT2D eigenvalue weighted by Gasteiger charge is 2.50. The third-order valence-electron chi connectivity index (χ3n) is 6.54. The molecule has 5 nitrogen and oxygen atoms in total. The first-order valence-corrected chi connectivity index (χ1v) is 10.4. The van der Waals surface area contributed by atoms with E-state index < -0.39 is 5.41 Å². The topological polar surface area (TPSA) is 58.6 Å². The van der Waals surface area contributed by atoms with Gasteiger partial charge in [0.1, 0.15) is 5.75 Å². The van der Waals surface area contributed by atoms with Crippen molar-refractivity contribution >= 4 is 11.8 Å². The predicted molar refractivity (Wildman–Crippen MR) is 111 cm³/mol. The van der Waals surface area contributed by atoms with Gasteiger partial charge < -0.3 is 4.74 Å². The van der Waals surface area contributed by atoms with Gasteiger partial charge >= 0.3 is 0 Å². The van der Waals surface area contributed by atoms with Gasteiger partial charge in [0.05, 0.1) is 12.5 Å². The molecule has 2 saturated heterocycles. The molecule has 2 aromatic carbocycles. The molecule has 1 atom stereocenters. The highest BCUT2D eigenvalue weighted by atomic mass is 16.5. The maximum Gasteiger partial charge on any atom is 0.237 e. The highest BCUT2D eigenvalue weighted by molar-refractivity contribution is 6.03. The maximum absolute atomic E-state index is 13.1. The summed E-state index contributed by atoms with van der Waals surface area (Å²) >= 11 is 0. The second kappa shape index (κ2) is 8.37. The number of ether oxygens (including phenoxy) is 1. The van der Waals surface area contributed by atoms with Crippen LogP contribution in [-0.2, 0) is 21.5 Å². The van der Waals surface area contributed by atoms with Crippen LogP contribution in [-0.4, -0.2) is 36.9 Å². The number of carbonyl (C=O) groups excluding carboxylic acids is 2. The lowest BCUT2D eigenvalue weighted by atomic mass is 9.62. The van der Waals surface area contributed by atoms with E-state index >= 15 is 0 Å². The Morgan fingerprint density at radius 3 is 2.34 bits per heavy atom. The zero-order valence-electron chi connectivity index (χ0n) is 16.9. The number of carbonyl (C=O) groups is 2. The summed E-state index contributed by atoms with van der Waals surface area (Å²) in [4.78, 5) is 27.4. The van der Waals surface area contributed by atoms with Crippen LogP contribution in [0.15, 0.2) is 54.6 Å². The maximum atomic E-state index is 13.1. The van der Waals surface area contributed by atoms with Gasteiger partial charge in [0.15, 0.2) is 0 Å². The van der Waals surface area contributed by atoms with E-state index in [4.69, 9.17) is 4.74 Å². The third kappa shape index (κ3) is 3.92. The van der Waals surface area contributed by atoms with Crippen molar-refractivity contribution in [1.29, 1.82) is 0 Å². The van der Waals surface area contributed by atoms with Crippen LogP contribution < -0.4 is 10.1 Å². The first-order chi connectivity index (χ1) is 14.1. The standard InChI is InChI=1S/C24H28N2O3/c1-29-21-9-7-18(8-10-21)17-26-15-12-20(13-16-26)24(19-5-3-2-4-6-19)14-11-22(27)25-23(24)28/h2-10,20H,11-17H2,1H3,(H,25,27,28). The van der Waals surface area contributed by atoms with Crippen LogP contribution in [0.1, 0.15) is 36.8 Å². The molecule has 0 saturated carbocycles. The van der Waals surface area contributed by atoms with Crippen molar-refractivity contribution in [2.45, 2.75) is 37.6 Å². The quantitative estimate of drug-likeness (QED) is 0.794. The molecule has 29 heavy (non-hydrogen) atoms. The number of rotatable bonds is 5. The van der Waals surface area contributed by atoms with Gasteiger partial charge in [-0.05, 0) is 61.5 Å².